The van der Waals surface area contributed by atoms with Gasteiger partial charge >= 0.3 is 63.3 Å². The van der Waals surface area contributed by atoms with Crippen molar-refractivity contribution in [3.05, 3.63) is 29.3 Å². The van der Waals surface area contributed by atoms with E-state index >= 15 is 0 Å². The van der Waals surface area contributed by atoms with E-state index in [0.717, 1.165) is 26.4 Å². The Morgan fingerprint density at radius 3 is 1.74 bits per heavy atom. The minimum atomic E-state index is -4.78. The largest absolute Gasteiger partial charge is 1.00 e. The average molecular weight is 314 g/mol. The van der Waals surface area contributed by atoms with Gasteiger partial charge < -0.3 is 10.9 Å². The smallest absolute Gasteiger partial charge is 1.00 e. The van der Waals surface area contributed by atoms with Gasteiger partial charge in [-0.2, -0.15) is 8.42 Å². The van der Waals surface area contributed by atoms with Crippen molar-refractivity contribution in [1.29, 1.82) is 0 Å². The van der Waals surface area contributed by atoms with E-state index in [9.17, 15) is 18.0 Å². The van der Waals surface area contributed by atoms with Gasteiger partial charge in [0.15, 0.2) is 0 Å². The summed E-state index contributed by atoms with van der Waals surface area (Å²) in [6.07, 6.45) is 0. The molecule has 1 N–H and O–H groups in total. The van der Waals surface area contributed by atoms with Gasteiger partial charge in [0, 0.05) is 0 Å². The molecule has 0 bridgehead atoms. The molecular formula is C10H11KO7S. The van der Waals surface area contributed by atoms with Crippen molar-refractivity contribution in [3.63, 3.8) is 0 Å². The molecule has 0 aliphatic rings. The summed E-state index contributed by atoms with van der Waals surface area (Å²) in [5, 5.41) is 0. The SMILES string of the molecule is COC(=O)c1cccc(C(=O)OC)c1S(=O)(=O)O.[H-].[K+]. The maximum atomic E-state index is 11.4. The normalized spacial score (nSPS) is 10.3. The minimum Gasteiger partial charge on any atom is -1.00 e. The van der Waals surface area contributed by atoms with E-state index in [2.05, 4.69) is 9.47 Å². The first kappa shape index (κ1) is 18.7. The molecule has 1 aromatic rings. The topological polar surface area (TPSA) is 107 Å². The van der Waals surface area contributed by atoms with Gasteiger partial charge in [-0.15, -0.1) is 0 Å². The molecule has 0 aliphatic carbocycles. The Balaban J connectivity index is 0. The van der Waals surface area contributed by atoms with Crippen LogP contribution in [0.4, 0.5) is 0 Å². The second-order valence-electron chi connectivity index (χ2n) is 3.14. The van der Waals surface area contributed by atoms with Crippen molar-refractivity contribution >= 4 is 22.1 Å². The van der Waals surface area contributed by atoms with Crippen LogP contribution in [-0.2, 0) is 19.6 Å². The van der Waals surface area contributed by atoms with Crippen molar-refractivity contribution in [2.45, 2.75) is 4.90 Å². The van der Waals surface area contributed by atoms with Gasteiger partial charge in [0.25, 0.3) is 10.1 Å². The molecule has 0 aliphatic heterocycles. The first-order chi connectivity index (χ1) is 8.32. The van der Waals surface area contributed by atoms with Crippen LogP contribution >= 0.6 is 0 Å². The van der Waals surface area contributed by atoms with Gasteiger partial charge in [0.2, 0.25) is 0 Å². The molecule has 0 atom stereocenters. The number of ether oxygens (including phenoxy) is 2. The van der Waals surface area contributed by atoms with E-state index in [0.29, 0.717) is 0 Å². The van der Waals surface area contributed by atoms with Crippen LogP contribution in [0, 0.1) is 0 Å². The zero-order chi connectivity index (χ0) is 13.9. The van der Waals surface area contributed by atoms with E-state index in [-0.39, 0.29) is 52.8 Å². The molecule has 19 heavy (non-hydrogen) atoms. The molecule has 1 aromatic carbocycles. The number of hydrogen-bond acceptors (Lipinski definition) is 6. The third kappa shape index (κ3) is 4.34. The van der Waals surface area contributed by atoms with Crippen LogP contribution in [0.2, 0.25) is 0 Å². The van der Waals surface area contributed by atoms with Crippen LogP contribution < -0.4 is 51.4 Å². The number of carbonyl (C=O) groups excluding carboxylic acids is 2. The Bertz CT molecular complexity index is 565. The average Bonchev–Trinajstić information content (AvgIpc) is 2.34. The Hall–Kier alpha value is -0.294. The van der Waals surface area contributed by atoms with Gasteiger partial charge in [0.05, 0.1) is 25.3 Å². The Morgan fingerprint density at radius 2 is 1.47 bits per heavy atom. The molecule has 0 heterocycles. The van der Waals surface area contributed by atoms with E-state index in [4.69, 9.17) is 4.55 Å². The molecule has 7 nitrogen and oxygen atoms in total. The van der Waals surface area contributed by atoms with Crippen molar-refractivity contribution in [3.8, 4) is 0 Å². The van der Waals surface area contributed by atoms with Crippen molar-refractivity contribution < 1.29 is 84.8 Å². The predicted octanol–water partition coefficient (Wildman–Crippen LogP) is -2.38. The number of rotatable bonds is 3. The summed E-state index contributed by atoms with van der Waals surface area (Å²) in [7, 11) is -2.69. The predicted molar refractivity (Wildman–Crippen MR) is 60.0 cm³/mol. The van der Waals surface area contributed by atoms with E-state index in [1.807, 2.05) is 0 Å². The fraction of sp³-hybridized carbons (Fsp3) is 0.200. The van der Waals surface area contributed by atoms with Crippen molar-refractivity contribution in [2.24, 2.45) is 0 Å². The second-order valence-corrected chi connectivity index (χ2v) is 4.50. The third-order valence-corrected chi connectivity index (χ3v) is 3.04. The molecule has 0 unspecified atom stereocenters. The van der Waals surface area contributed by atoms with Gasteiger partial charge in [-0.1, -0.05) is 6.07 Å². The molecule has 0 saturated carbocycles. The number of hydrogen-bond donors (Lipinski definition) is 1. The standard InChI is InChI=1S/C10H10O7S.K.H/c1-16-9(11)6-4-3-5-7(10(12)17-2)8(6)18(13,14)15;;/h3-5H,1-2H3,(H,13,14,15);;/q;+1;-1. The number of esters is 2. The van der Waals surface area contributed by atoms with E-state index in [1.54, 1.807) is 0 Å². The first-order valence-corrected chi connectivity index (χ1v) is 6.04. The van der Waals surface area contributed by atoms with Gasteiger partial charge in [-0.25, -0.2) is 9.59 Å². The van der Waals surface area contributed by atoms with Crippen LogP contribution in [-0.4, -0.2) is 39.1 Å². The molecule has 0 aromatic heterocycles. The quantitative estimate of drug-likeness (QED) is 0.377. The Labute approximate surface area is 153 Å². The van der Waals surface area contributed by atoms with Crippen LogP contribution in [0.25, 0.3) is 0 Å². The molecule has 1 rings (SSSR count). The number of carbonyl (C=O) groups is 2. The molecule has 0 radical (unpaired) electrons. The second kappa shape index (κ2) is 7.48. The molecule has 0 saturated heterocycles. The van der Waals surface area contributed by atoms with Crippen molar-refractivity contribution in [2.75, 3.05) is 14.2 Å². The third-order valence-electron chi connectivity index (χ3n) is 2.08. The van der Waals surface area contributed by atoms with Crippen molar-refractivity contribution in [1.82, 2.24) is 0 Å². The summed E-state index contributed by atoms with van der Waals surface area (Å²) < 4.78 is 40.4. The maximum absolute atomic E-state index is 11.4. The summed E-state index contributed by atoms with van der Waals surface area (Å²) in [6, 6.07) is 3.50. The fourth-order valence-electron chi connectivity index (χ4n) is 1.36. The zero-order valence-electron chi connectivity index (χ0n) is 11.5. The Kier molecular flexibility index (Phi) is 7.36. The molecule has 9 heteroatoms. The number of benzene rings is 1. The summed E-state index contributed by atoms with van der Waals surface area (Å²) in [4.78, 5) is 22.0. The molecule has 0 spiro atoms. The van der Waals surface area contributed by atoms with Gasteiger partial charge in [0.1, 0.15) is 4.90 Å². The van der Waals surface area contributed by atoms with Crippen LogP contribution in [0.1, 0.15) is 22.1 Å². The monoisotopic (exact) mass is 314 g/mol. The summed E-state index contributed by atoms with van der Waals surface area (Å²) in [5.41, 5.74) is -0.884. The summed E-state index contributed by atoms with van der Waals surface area (Å²) in [5.74, 6) is -1.98. The molecule has 0 fully saturated rings. The molecule has 0 amide bonds. The van der Waals surface area contributed by atoms with E-state index < -0.39 is 38.1 Å². The minimum absolute atomic E-state index is 0. The molecule has 100 valence electrons. The first-order valence-electron chi connectivity index (χ1n) is 4.60. The summed E-state index contributed by atoms with van der Waals surface area (Å²) >= 11 is 0. The van der Waals surface area contributed by atoms with Crippen LogP contribution in [0.3, 0.4) is 0 Å². The van der Waals surface area contributed by atoms with Crippen LogP contribution in [0.15, 0.2) is 23.1 Å². The van der Waals surface area contributed by atoms with E-state index in [1.165, 1.54) is 6.07 Å². The van der Waals surface area contributed by atoms with Gasteiger partial charge in [-0.3, -0.25) is 4.55 Å². The fourth-order valence-corrected chi connectivity index (χ4v) is 2.21. The maximum Gasteiger partial charge on any atom is 1.00 e. The zero-order valence-corrected chi connectivity index (χ0v) is 14.5. The number of methoxy groups -OCH3 is 2. The summed E-state index contributed by atoms with van der Waals surface area (Å²) in [6.45, 7) is 0. The van der Waals surface area contributed by atoms with Gasteiger partial charge in [-0.05, 0) is 12.1 Å². The molecular weight excluding hydrogens is 303 g/mol. The Morgan fingerprint density at radius 1 is 1.11 bits per heavy atom. The van der Waals surface area contributed by atoms with Crippen LogP contribution in [0.5, 0.6) is 0 Å².